The Balaban J connectivity index is 1.41. The van der Waals surface area contributed by atoms with Crippen LogP contribution in [0.2, 0.25) is 0 Å². The van der Waals surface area contributed by atoms with Gasteiger partial charge in [0, 0.05) is 16.1 Å². The van der Waals surface area contributed by atoms with Crippen LogP contribution in [-0.2, 0) is 16.1 Å². The van der Waals surface area contributed by atoms with Crippen molar-refractivity contribution >= 4 is 39.0 Å². The fourth-order valence-electron chi connectivity index (χ4n) is 2.62. The summed E-state index contributed by atoms with van der Waals surface area (Å²) < 4.78 is 17.2. The van der Waals surface area contributed by atoms with Crippen LogP contribution in [0.3, 0.4) is 0 Å². The molecule has 4 rings (SSSR count). The van der Waals surface area contributed by atoms with Crippen LogP contribution >= 0.6 is 15.9 Å². The molecule has 1 aliphatic heterocycles. The minimum atomic E-state index is -0.466. The number of rotatable bonds is 4. The van der Waals surface area contributed by atoms with Gasteiger partial charge in [-0.25, -0.2) is 9.78 Å². The van der Waals surface area contributed by atoms with Gasteiger partial charge in [-0.15, -0.1) is 0 Å². The summed E-state index contributed by atoms with van der Waals surface area (Å²) in [5, 5.41) is 0. The molecule has 1 aliphatic rings. The molecule has 2 aromatic carbocycles. The van der Waals surface area contributed by atoms with E-state index in [9.17, 15) is 4.79 Å². The Bertz CT molecular complexity index is 1040. The van der Waals surface area contributed by atoms with Gasteiger partial charge in [0.25, 0.3) is 0 Å². The van der Waals surface area contributed by atoms with Crippen molar-refractivity contribution in [3.8, 4) is 11.5 Å². The first-order valence-corrected chi connectivity index (χ1v) is 9.13. The van der Waals surface area contributed by atoms with Crippen LogP contribution in [0.15, 0.2) is 53.1 Å². The van der Waals surface area contributed by atoms with Gasteiger partial charge >= 0.3 is 5.97 Å². The summed E-state index contributed by atoms with van der Waals surface area (Å²) in [6, 6.07) is 11.2. The van der Waals surface area contributed by atoms with Crippen molar-refractivity contribution in [1.82, 2.24) is 9.97 Å². The van der Waals surface area contributed by atoms with Crippen LogP contribution in [0.1, 0.15) is 11.3 Å². The molecule has 0 amide bonds. The van der Waals surface area contributed by atoms with E-state index in [0.717, 1.165) is 21.1 Å². The lowest BCUT2D eigenvalue weighted by Crippen LogP contribution is -2.15. The summed E-state index contributed by atoms with van der Waals surface area (Å²) in [6.07, 6.45) is 4.54. The predicted molar refractivity (Wildman–Crippen MR) is 104 cm³/mol. The van der Waals surface area contributed by atoms with Crippen molar-refractivity contribution in [2.75, 3.05) is 13.2 Å². The number of hydrogen-bond donors (Lipinski definition) is 0. The Labute approximate surface area is 163 Å². The quantitative estimate of drug-likeness (QED) is 0.465. The van der Waals surface area contributed by atoms with Crippen molar-refractivity contribution in [2.45, 2.75) is 6.61 Å². The summed E-state index contributed by atoms with van der Waals surface area (Å²) in [7, 11) is 0. The average molecular weight is 427 g/mol. The molecule has 0 bridgehead atoms. The van der Waals surface area contributed by atoms with E-state index in [1.165, 1.54) is 6.08 Å². The van der Waals surface area contributed by atoms with E-state index in [2.05, 4.69) is 25.9 Å². The second-order valence-corrected chi connectivity index (χ2v) is 6.67. The molecule has 7 heteroatoms. The third kappa shape index (κ3) is 4.09. The van der Waals surface area contributed by atoms with Crippen LogP contribution in [0, 0.1) is 0 Å². The molecule has 0 aliphatic carbocycles. The molecule has 0 saturated heterocycles. The van der Waals surface area contributed by atoms with Crippen molar-refractivity contribution in [1.29, 1.82) is 0 Å². The standard InChI is InChI=1S/C20H15BrN2O4/c21-15-10-19-18(25-7-8-26-19)9-13(15)12-27-20(24)6-5-14-11-22-16-3-1-2-4-17(16)23-14/h1-6,9-11H,7-8,12H2/b6-5+. The van der Waals surface area contributed by atoms with E-state index < -0.39 is 5.97 Å². The number of aromatic nitrogens is 2. The highest BCUT2D eigenvalue weighted by Crippen LogP contribution is 2.35. The normalized spacial score (nSPS) is 13.1. The van der Waals surface area contributed by atoms with E-state index in [-0.39, 0.29) is 6.61 Å². The van der Waals surface area contributed by atoms with E-state index >= 15 is 0 Å². The van der Waals surface area contributed by atoms with Gasteiger partial charge in [-0.05, 0) is 30.3 Å². The number of esters is 1. The van der Waals surface area contributed by atoms with Crippen LogP contribution < -0.4 is 9.47 Å². The van der Waals surface area contributed by atoms with Crippen molar-refractivity contribution in [3.05, 3.63) is 64.4 Å². The molecule has 0 fully saturated rings. The molecule has 3 aromatic rings. The average Bonchev–Trinajstić information content (AvgIpc) is 2.70. The fraction of sp³-hybridized carbons (Fsp3) is 0.150. The number of halogens is 1. The Morgan fingerprint density at radius 3 is 2.70 bits per heavy atom. The molecule has 0 unspecified atom stereocenters. The van der Waals surface area contributed by atoms with Gasteiger partial charge < -0.3 is 14.2 Å². The molecule has 0 atom stereocenters. The van der Waals surface area contributed by atoms with Crippen molar-refractivity contribution in [3.63, 3.8) is 0 Å². The molecule has 1 aromatic heterocycles. The van der Waals surface area contributed by atoms with Gasteiger partial charge in [0.1, 0.15) is 19.8 Å². The first kappa shape index (κ1) is 17.5. The maximum Gasteiger partial charge on any atom is 0.331 e. The Morgan fingerprint density at radius 2 is 1.89 bits per heavy atom. The minimum Gasteiger partial charge on any atom is -0.486 e. The van der Waals surface area contributed by atoms with Gasteiger partial charge in [-0.1, -0.05) is 28.1 Å². The number of carbonyl (C=O) groups excluding carboxylic acids is 1. The van der Waals surface area contributed by atoms with E-state index in [1.807, 2.05) is 36.4 Å². The van der Waals surface area contributed by atoms with Gasteiger partial charge in [0.05, 0.1) is 22.9 Å². The second-order valence-electron chi connectivity index (χ2n) is 5.81. The zero-order chi connectivity index (χ0) is 18.6. The van der Waals surface area contributed by atoms with Crippen molar-refractivity contribution in [2.24, 2.45) is 0 Å². The van der Waals surface area contributed by atoms with Crippen LogP contribution in [0.4, 0.5) is 0 Å². The third-order valence-electron chi connectivity index (χ3n) is 3.94. The lowest BCUT2D eigenvalue weighted by atomic mass is 10.2. The topological polar surface area (TPSA) is 70.5 Å². The number of nitrogens with zero attached hydrogens (tertiary/aromatic N) is 2. The second kappa shape index (κ2) is 7.75. The van der Waals surface area contributed by atoms with Gasteiger partial charge in [0.2, 0.25) is 0 Å². The number of para-hydroxylation sites is 2. The van der Waals surface area contributed by atoms with Crippen molar-refractivity contribution < 1.29 is 19.0 Å². The maximum atomic E-state index is 12.0. The zero-order valence-electron chi connectivity index (χ0n) is 14.2. The molecule has 0 saturated carbocycles. The van der Waals surface area contributed by atoms with Gasteiger partial charge in [-0.2, -0.15) is 0 Å². The Morgan fingerprint density at radius 1 is 1.15 bits per heavy atom. The lowest BCUT2D eigenvalue weighted by molar-refractivity contribution is -0.138. The molecular formula is C20H15BrN2O4. The lowest BCUT2D eigenvalue weighted by Gasteiger charge is -2.19. The fourth-order valence-corrected chi connectivity index (χ4v) is 3.06. The molecule has 0 N–H and O–H groups in total. The highest BCUT2D eigenvalue weighted by atomic mass is 79.9. The predicted octanol–water partition coefficient (Wildman–Crippen LogP) is 3.92. The number of benzene rings is 2. The summed E-state index contributed by atoms with van der Waals surface area (Å²) in [5.74, 6) is 0.863. The largest absolute Gasteiger partial charge is 0.486 e. The summed E-state index contributed by atoms with van der Waals surface area (Å²) in [4.78, 5) is 20.8. The first-order chi connectivity index (χ1) is 13.2. The number of hydrogen-bond acceptors (Lipinski definition) is 6. The van der Waals surface area contributed by atoms with Gasteiger partial charge in [-0.3, -0.25) is 4.98 Å². The molecule has 2 heterocycles. The zero-order valence-corrected chi connectivity index (χ0v) is 15.8. The number of carbonyl (C=O) groups is 1. The minimum absolute atomic E-state index is 0.115. The number of ether oxygens (including phenoxy) is 3. The number of fused-ring (bicyclic) bond motifs is 2. The SMILES string of the molecule is O=C(/C=C/c1cnc2ccccc2n1)OCc1cc2c(cc1Br)OCCO2. The Hall–Kier alpha value is -2.93. The summed E-state index contributed by atoms with van der Waals surface area (Å²) in [5.41, 5.74) is 2.96. The highest BCUT2D eigenvalue weighted by Gasteiger charge is 2.15. The van der Waals surface area contributed by atoms with Crippen LogP contribution in [-0.4, -0.2) is 29.2 Å². The van der Waals surface area contributed by atoms with Crippen LogP contribution in [0.25, 0.3) is 17.1 Å². The molecule has 27 heavy (non-hydrogen) atoms. The first-order valence-electron chi connectivity index (χ1n) is 8.34. The van der Waals surface area contributed by atoms with E-state index in [4.69, 9.17) is 14.2 Å². The third-order valence-corrected chi connectivity index (χ3v) is 4.68. The van der Waals surface area contributed by atoms with E-state index in [1.54, 1.807) is 12.3 Å². The smallest absolute Gasteiger partial charge is 0.331 e. The molecule has 0 spiro atoms. The Kier molecular flexibility index (Phi) is 5.02. The molecule has 0 radical (unpaired) electrons. The molecule has 136 valence electrons. The molecular weight excluding hydrogens is 412 g/mol. The van der Waals surface area contributed by atoms with Crippen LogP contribution in [0.5, 0.6) is 11.5 Å². The van der Waals surface area contributed by atoms with Gasteiger partial charge in [0.15, 0.2) is 11.5 Å². The molecule has 6 nitrogen and oxygen atoms in total. The maximum absolute atomic E-state index is 12.0. The monoisotopic (exact) mass is 426 g/mol. The summed E-state index contributed by atoms with van der Waals surface area (Å²) in [6.45, 7) is 1.14. The van der Waals surface area contributed by atoms with E-state index in [0.29, 0.717) is 30.4 Å². The summed E-state index contributed by atoms with van der Waals surface area (Å²) >= 11 is 3.46. The highest BCUT2D eigenvalue weighted by molar-refractivity contribution is 9.10.